The second kappa shape index (κ2) is 9.66. The van der Waals surface area contributed by atoms with E-state index in [0.29, 0.717) is 0 Å². The van der Waals surface area contributed by atoms with Crippen LogP contribution in [0.4, 0.5) is 0 Å². The lowest BCUT2D eigenvalue weighted by Gasteiger charge is -2.10. The van der Waals surface area contributed by atoms with E-state index in [2.05, 4.69) is 5.32 Å². The largest absolute Gasteiger partial charge is 0.379 e. The van der Waals surface area contributed by atoms with Crippen molar-refractivity contribution in [3.63, 3.8) is 0 Å². The van der Waals surface area contributed by atoms with Gasteiger partial charge in [-0.2, -0.15) is 0 Å². The Bertz CT molecular complexity index is 563. The van der Waals surface area contributed by atoms with Crippen LogP contribution < -0.4 is 5.32 Å². The van der Waals surface area contributed by atoms with E-state index in [9.17, 15) is 4.79 Å². The summed E-state index contributed by atoms with van der Waals surface area (Å²) >= 11 is 0. The number of ketones is 1. The number of rotatable bonds is 3. The van der Waals surface area contributed by atoms with Gasteiger partial charge < -0.3 is 10.1 Å². The fraction of sp³-hybridized carbons (Fsp3) is 0.211. The molecule has 0 aliphatic carbocycles. The molecule has 2 aromatic carbocycles. The van der Waals surface area contributed by atoms with Crippen molar-refractivity contribution in [3.8, 4) is 0 Å². The number of allylic oxidation sites excluding steroid dienone is 1. The maximum atomic E-state index is 11.7. The van der Waals surface area contributed by atoms with Crippen LogP contribution in [0.15, 0.2) is 66.7 Å². The standard InChI is InChI=1S/C15H12O.C4H9NO/c16-15(14-9-5-2-6-10-14)12-11-13-7-3-1-4-8-13;1-3-6-4-2-5-1/h1-12H;5H,1-4H2. The summed E-state index contributed by atoms with van der Waals surface area (Å²) in [5.41, 5.74) is 1.75. The Morgan fingerprint density at radius 3 is 2.00 bits per heavy atom. The van der Waals surface area contributed by atoms with E-state index in [-0.39, 0.29) is 5.78 Å². The molecule has 3 rings (SSSR count). The van der Waals surface area contributed by atoms with E-state index in [1.807, 2.05) is 66.7 Å². The second-order valence-corrected chi connectivity index (χ2v) is 4.84. The monoisotopic (exact) mass is 295 g/mol. The summed E-state index contributed by atoms with van der Waals surface area (Å²) in [4.78, 5) is 11.7. The smallest absolute Gasteiger partial charge is 0.185 e. The molecule has 114 valence electrons. The first-order valence-electron chi connectivity index (χ1n) is 7.47. The van der Waals surface area contributed by atoms with Crippen LogP contribution in [0.2, 0.25) is 0 Å². The molecule has 3 nitrogen and oxygen atoms in total. The summed E-state index contributed by atoms with van der Waals surface area (Å²) in [7, 11) is 0. The van der Waals surface area contributed by atoms with Gasteiger partial charge in [0.05, 0.1) is 13.2 Å². The van der Waals surface area contributed by atoms with Gasteiger partial charge in [0.1, 0.15) is 0 Å². The number of nitrogens with one attached hydrogen (secondary N) is 1. The van der Waals surface area contributed by atoms with Gasteiger partial charge in [0.2, 0.25) is 0 Å². The highest BCUT2D eigenvalue weighted by atomic mass is 16.5. The molecule has 0 atom stereocenters. The minimum atomic E-state index is 0.0319. The highest BCUT2D eigenvalue weighted by molar-refractivity contribution is 6.06. The normalized spacial score (nSPS) is 14.2. The van der Waals surface area contributed by atoms with Crippen LogP contribution in [0, 0.1) is 0 Å². The minimum absolute atomic E-state index is 0.0319. The molecule has 2 aromatic rings. The molecule has 0 saturated carbocycles. The molecular formula is C19H21NO2. The first-order chi connectivity index (χ1) is 10.9. The quantitative estimate of drug-likeness (QED) is 0.698. The fourth-order valence-corrected chi connectivity index (χ4v) is 1.95. The Hall–Kier alpha value is -2.23. The fourth-order valence-electron chi connectivity index (χ4n) is 1.95. The zero-order chi connectivity index (χ0) is 15.5. The van der Waals surface area contributed by atoms with Crippen molar-refractivity contribution in [1.82, 2.24) is 5.32 Å². The lowest BCUT2D eigenvalue weighted by molar-refractivity contribution is 0.104. The number of hydrogen-bond acceptors (Lipinski definition) is 3. The molecule has 0 radical (unpaired) electrons. The molecule has 1 fully saturated rings. The summed E-state index contributed by atoms with van der Waals surface area (Å²) in [5.74, 6) is 0.0319. The summed E-state index contributed by atoms with van der Waals surface area (Å²) in [6.07, 6.45) is 3.43. The number of carbonyl (C=O) groups is 1. The Kier molecular flexibility index (Phi) is 7.09. The predicted molar refractivity (Wildman–Crippen MR) is 89.9 cm³/mol. The molecule has 0 unspecified atom stereocenters. The van der Waals surface area contributed by atoms with Crippen molar-refractivity contribution in [2.75, 3.05) is 26.3 Å². The molecule has 22 heavy (non-hydrogen) atoms. The molecule has 1 heterocycles. The van der Waals surface area contributed by atoms with Crippen LogP contribution in [0.25, 0.3) is 6.08 Å². The Morgan fingerprint density at radius 2 is 1.50 bits per heavy atom. The van der Waals surface area contributed by atoms with Crippen molar-refractivity contribution in [1.29, 1.82) is 0 Å². The van der Waals surface area contributed by atoms with Gasteiger partial charge in [0.25, 0.3) is 0 Å². The summed E-state index contributed by atoms with van der Waals surface area (Å²) in [5, 5.41) is 3.16. The highest BCUT2D eigenvalue weighted by Gasteiger charge is 1.98. The summed E-state index contributed by atoms with van der Waals surface area (Å²) < 4.78 is 5.01. The van der Waals surface area contributed by atoms with Crippen molar-refractivity contribution in [2.24, 2.45) is 0 Å². The third-order valence-electron chi connectivity index (χ3n) is 3.13. The number of hydrogen-bond donors (Lipinski definition) is 1. The SMILES string of the molecule is C1COCCN1.O=C(C=Cc1ccccc1)c1ccccc1. The molecular weight excluding hydrogens is 274 g/mol. The van der Waals surface area contributed by atoms with E-state index < -0.39 is 0 Å². The molecule has 1 saturated heterocycles. The average molecular weight is 295 g/mol. The first kappa shape index (κ1) is 16.1. The molecule has 1 N–H and O–H groups in total. The van der Waals surface area contributed by atoms with E-state index in [0.717, 1.165) is 37.4 Å². The second-order valence-electron chi connectivity index (χ2n) is 4.84. The van der Waals surface area contributed by atoms with Crippen molar-refractivity contribution in [3.05, 3.63) is 77.9 Å². The van der Waals surface area contributed by atoms with E-state index >= 15 is 0 Å². The van der Waals surface area contributed by atoms with Gasteiger partial charge in [-0.05, 0) is 11.6 Å². The Morgan fingerprint density at radius 1 is 0.909 bits per heavy atom. The van der Waals surface area contributed by atoms with Crippen molar-refractivity contribution in [2.45, 2.75) is 0 Å². The van der Waals surface area contributed by atoms with Crippen LogP contribution >= 0.6 is 0 Å². The number of benzene rings is 2. The van der Waals surface area contributed by atoms with E-state index in [4.69, 9.17) is 4.74 Å². The van der Waals surface area contributed by atoms with Gasteiger partial charge in [-0.1, -0.05) is 66.7 Å². The molecule has 0 amide bonds. The third kappa shape index (κ3) is 6.04. The molecule has 0 aromatic heterocycles. The van der Waals surface area contributed by atoms with Crippen LogP contribution in [-0.4, -0.2) is 32.1 Å². The van der Waals surface area contributed by atoms with Crippen molar-refractivity contribution < 1.29 is 9.53 Å². The average Bonchev–Trinajstić information content (AvgIpc) is 2.63. The zero-order valence-electron chi connectivity index (χ0n) is 12.6. The zero-order valence-corrected chi connectivity index (χ0v) is 12.6. The van der Waals surface area contributed by atoms with Crippen LogP contribution in [-0.2, 0) is 4.74 Å². The molecule has 0 bridgehead atoms. The lowest BCUT2D eigenvalue weighted by Crippen LogP contribution is -2.30. The van der Waals surface area contributed by atoms with E-state index in [1.54, 1.807) is 6.08 Å². The predicted octanol–water partition coefficient (Wildman–Crippen LogP) is 3.19. The number of ether oxygens (including phenoxy) is 1. The lowest BCUT2D eigenvalue weighted by atomic mass is 10.1. The van der Waals surface area contributed by atoms with Gasteiger partial charge in [-0.3, -0.25) is 4.79 Å². The van der Waals surface area contributed by atoms with Crippen molar-refractivity contribution >= 4 is 11.9 Å². The van der Waals surface area contributed by atoms with Crippen LogP contribution in [0.1, 0.15) is 15.9 Å². The maximum Gasteiger partial charge on any atom is 0.185 e. The van der Waals surface area contributed by atoms with Gasteiger partial charge >= 0.3 is 0 Å². The molecule has 0 spiro atoms. The van der Waals surface area contributed by atoms with Gasteiger partial charge in [-0.15, -0.1) is 0 Å². The highest BCUT2D eigenvalue weighted by Crippen LogP contribution is 2.05. The summed E-state index contributed by atoms with van der Waals surface area (Å²) in [6, 6.07) is 19.1. The Labute approximate surface area is 131 Å². The van der Waals surface area contributed by atoms with E-state index in [1.165, 1.54) is 0 Å². The van der Waals surface area contributed by atoms with Gasteiger partial charge in [-0.25, -0.2) is 0 Å². The Balaban J connectivity index is 0.000000246. The topological polar surface area (TPSA) is 38.3 Å². The molecule has 3 heteroatoms. The summed E-state index contributed by atoms with van der Waals surface area (Å²) in [6.45, 7) is 3.83. The maximum absolute atomic E-state index is 11.7. The number of carbonyl (C=O) groups excluding carboxylic acids is 1. The van der Waals surface area contributed by atoms with Crippen LogP contribution in [0.5, 0.6) is 0 Å². The van der Waals surface area contributed by atoms with Crippen LogP contribution in [0.3, 0.4) is 0 Å². The van der Waals surface area contributed by atoms with Gasteiger partial charge in [0, 0.05) is 18.7 Å². The third-order valence-corrected chi connectivity index (χ3v) is 3.13. The number of morpholine rings is 1. The first-order valence-corrected chi connectivity index (χ1v) is 7.47. The molecule has 1 aliphatic heterocycles. The van der Waals surface area contributed by atoms with Gasteiger partial charge in [0.15, 0.2) is 5.78 Å². The minimum Gasteiger partial charge on any atom is -0.379 e. The molecule has 1 aliphatic rings.